The van der Waals surface area contributed by atoms with Gasteiger partial charge in [0.2, 0.25) is 0 Å². The number of rotatable bonds is 18. The van der Waals surface area contributed by atoms with Gasteiger partial charge in [0.25, 0.3) is 11.8 Å². The van der Waals surface area contributed by atoms with Gasteiger partial charge in [0, 0.05) is 23.9 Å². The number of aliphatic hydroxyl groups is 8. The maximum absolute atomic E-state index is 12.9. The van der Waals surface area contributed by atoms with Gasteiger partial charge in [0.1, 0.15) is 60.2 Å². The van der Waals surface area contributed by atoms with Crippen LogP contribution in [0.4, 0.5) is 0 Å². The van der Waals surface area contributed by atoms with Crippen molar-refractivity contribution in [3.63, 3.8) is 0 Å². The van der Waals surface area contributed by atoms with Crippen molar-refractivity contribution in [2.45, 2.75) is 61.4 Å². The Labute approximate surface area is 308 Å². The van der Waals surface area contributed by atoms with Crippen molar-refractivity contribution >= 4 is 33.6 Å². The fourth-order valence-corrected chi connectivity index (χ4v) is 5.74. The van der Waals surface area contributed by atoms with Crippen LogP contribution in [0.5, 0.6) is 0 Å². The molecule has 2 saturated heterocycles. The van der Waals surface area contributed by atoms with E-state index in [9.17, 15) is 50.4 Å². The highest BCUT2D eigenvalue weighted by Crippen LogP contribution is 2.25. The maximum Gasteiger partial charge on any atom is 0.269 e. The third-order valence-corrected chi connectivity index (χ3v) is 8.77. The lowest BCUT2D eigenvalue weighted by atomic mass is 9.99. The summed E-state index contributed by atoms with van der Waals surface area (Å²) in [6.07, 6.45) is -13.8. The number of aliphatic hydroxyl groups excluding tert-OH is 8. The highest BCUT2D eigenvalue weighted by Gasteiger charge is 2.45. The Morgan fingerprint density at radius 1 is 0.556 bits per heavy atom. The molecular weight excluding hydrogens is 720 g/mol. The molecule has 2 amide bonds. The van der Waals surface area contributed by atoms with Crippen LogP contribution >= 0.6 is 0 Å². The normalized spacial score (nSPS) is 28.7. The van der Waals surface area contributed by atoms with Crippen LogP contribution in [0, 0.1) is 0 Å². The minimum absolute atomic E-state index is 0.0384. The number of carbonyl (C=O) groups is 2. The van der Waals surface area contributed by atoms with E-state index in [2.05, 4.69) is 20.6 Å². The van der Waals surface area contributed by atoms with Crippen molar-refractivity contribution in [1.82, 2.24) is 20.6 Å². The van der Waals surface area contributed by atoms with Crippen molar-refractivity contribution in [1.29, 1.82) is 0 Å². The highest BCUT2D eigenvalue weighted by atomic mass is 16.7. The predicted molar refractivity (Wildman–Crippen MR) is 183 cm³/mol. The lowest BCUT2D eigenvalue weighted by Crippen LogP contribution is -2.59. The summed E-state index contributed by atoms with van der Waals surface area (Å²) in [5.74, 6) is -0.940. The molecular formula is C34H46N4O16. The first-order valence-corrected chi connectivity index (χ1v) is 17.3. The Kier molecular flexibility index (Phi) is 15.3. The first-order chi connectivity index (χ1) is 26.0. The van der Waals surface area contributed by atoms with Crippen molar-refractivity contribution in [3.8, 4) is 0 Å². The predicted octanol–water partition coefficient (Wildman–Crippen LogP) is -4.09. The number of benzene rings is 1. The fraction of sp³-hybridized carbons (Fsp3) is 0.588. The summed E-state index contributed by atoms with van der Waals surface area (Å²) in [6.45, 7) is -0.617. The second kappa shape index (κ2) is 19.8. The number of nitrogens with one attached hydrogen (secondary N) is 2. The van der Waals surface area contributed by atoms with E-state index in [1.165, 1.54) is 0 Å². The molecule has 2 aliphatic rings. The molecule has 2 aliphatic heterocycles. The first-order valence-electron chi connectivity index (χ1n) is 17.3. The van der Waals surface area contributed by atoms with Gasteiger partial charge < -0.3 is 79.9 Å². The Balaban J connectivity index is 1.04. The molecule has 10 N–H and O–H groups in total. The van der Waals surface area contributed by atoms with Crippen molar-refractivity contribution in [2.24, 2.45) is 0 Å². The van der Waals surface area contributed by atoms with Crippen LogP contribution < -0.4 is 10.6 Å². The number of fused-ring (bicyclic) bond motifs is 3. The van der Waals surface area contributed by atoms with Gasteiger partial charge in [-0.05, 0) is 12.1 Å². The van der Waals surface area contributed by atoms with Gasteiger partial charge in [-0.25, -0.2) is 9.97 Å². The molecule has 0 spiro atoms. The van der Waals surface area contributed by atoms with E-state index < -0.39 is 86.4 Å². The third-order valence-electron chi connectivity index (χ3n) is 8.77. The zero-order valence-electron chi connectivity index (χ0n) is 29.0. The molecule has 54 heavy (non-hydrogen) atoms. The summed E-state index contributed by atoms with van der Waals surface area (Å²) < 4.78 is 32.2. The molecule has 298 valence electrons. The average Bonchev–Trinajstić information content (AvgIpc) is 3.19. The van der Waals surface area contributed by atoms with E-state index >= 15 is 0 Å². The van der Waals surface area contributed by atoms with E-state index in [1.807, 2.05) is 12.1 Å². The van der Waals surface area contributed by atoms with Crippen LogP contribution in [0.3, 0.4) is 0 Å². The molecule has 4 heterocycles. The molecule has 5 rings (SSSR count). The van der Waals surface area contributed by atoms with Crippen LogP contribution in [0.15, 0.2) is 36.4 Å². The molecule has 0 unspecified atom stereocenters. The second-order valence-corrected chi connectivity index (χ2v) is 12.5. The molecule has 3 aromatic rings. The SMILES string of the molecule is O=C(NCCOCCO[C@H]1O[C@H](CO)[C@@H](O)[C@H](O)[C@@H]1O)c1ccc2ccc3ccc(C(=O)NCCOCCO[C@H]4O[C@H](CO)[C@@H](O)[C@H](O)[C@@H]4O)nc3c2n1. The van der Waals surface area contributed by atoms with Crippen LogP contribution in [0.1, 0.15) is 21.0 Å². The summed E-state index contributed by atoms with van der Waals surface area (Å²) in [7, 11) is 0. The maximum atomic E-state index is 12.9. The average molecular weight is 767 g/mol. The van der Waals surface area contributed by atoms with E-state index in [-0.39, 0.29) is 64.1 Å². The molecule has 0 radical (unpaired) electrons. The second-order valence-electron chi connectivity index (χ2n) is 12.5. The number of hydrogen-bond donors (Lipinski definition) is 10. The summed E-state index contributed by atoms with van der Waals surface area (Å²) in [5.41, 5.74) is 1.06. The van der Waals surface area contributed by atoms with E-state index in [1.54, 1.807) is 24.3 Å². The summed E-state index contributed by atoms with van der Waals surface area (Å²) >= 11 is 0. The molecule has 0 saturated carbocycles. The Morgan fingerprint density at radius 2 is 0.944 bits per heavy atom. The van der Waals surface area contributed by atoms with E-state index in [4.69, 9.17) is 28.4 Å². The van der Waals surface area contributed by atoms with Gasteiger partial charge in [0.05, 0.1) is 63.9 Å². The zero-order chi connectivity index (χ0) is 38.8. The number of nitrogens with zero attached hydrogens (tertiary/aromatic N) is 2. The topological polar surface area (TPSA) is 301 Å². The molecule has 1 aromatic carbocycles. The van der Waals surface area contributed by atoms with Crippen LogP contribution in [0.2, 0.25) is 0 Å². The monoisotopic (exact) mass is 766 g/mol. The lowest BCUT2D eigenvalue weighted by Gasteiger charge is -2.39. The van der Waals surface area contributed by atoms with E-state index in [0.717, 1.165) is 0 Å². The number of hydrogen-bond acceptors (Lipinski definition) is 18. The standard InChI is InChI=1S/C34H46N4O16/c39-15-21-25(41)27(43)29(45)33(53-21)51-13-11-49-9-7-35-31(47)19-5-3-17-1-2-18-4-6-20(38-24(18)23(17)37-19)32(48)36-8-10-50-12-14-52-34-30(46)28(44)26(42)22(16-40)54-34/h1-6,21-22,25-30,33-34,39-46H,7-16H2,(H,35,47)(H,36,48)/t21-,22-,25-,26-,27+,28+,29+,30+,33+,34+/m1/s1. The van der Waals surface area contributed by atoms with E-state index in [0.29, 0.717) is 21.8 Å². The quantitative estimate of drug-likeness (QED) is 0.0435. The third kappa shape index (κ3) is 10.2. The highest BCUT2D eigenvalue weighted by molar-refractivity contribution is 6.06. The molecule has 2 aromatic heterocycles. The molecule has 20 nitrogen and oxygen atoms in total. The van der Waals surface area contributed by atoms with Crippen LogP contribution in [-0.4, -0.2) is 190 Å². The Morgan fingerprint density at radius 3 is 1.33 bits per heavy atom. The first kappa shape index (κ1) is 41.6. The van der Waals surface area contributed by atoms with Gasteiger partial charge in [-0.15, -0.1) is 0 Å². The van der Waals surface area contributed by atoms with Crippen molar-refractivity contribution in [3.05, 3.63) is 47.8 Å². The number of ether oxygens (including phenoxy) is 6. The molecule has 0 aliphatic carbocycles. The Bertz CT molecular complexity index is 1560. The molecule has 0 bridgehead atoms. The van der Waals surface area contributed by atoms with Gasteiger partial charge in [-0.2, -0.15) is 0 Å². The molecule has 10 atom stereocenters. The number of aromatic nitrogens is 2. The number of amides is 2. The zero-order valence-corrected chi connectivity index (χ0v) is 29.0. The summed E-state index contributed by atoms with van der Waals surface area (Å²) in [4.78, 5) is 34.8. The van der Waals surface area contributed by atoms with Gasteiger partial charge in [0.15, 0.2) is 12.6 Å². The van der Waals surface area contributed by atoms with Gasteiger partial charge >= 0.3 is 0 Å². The van der Waals surface area contributed by atoms with Crippen LogP contribution in [-0.2, 0) is 28.4 Å². The smallest absolute Gasteiger partial charge is 0.269 e. The number of pyridine rings is 2. The van der Waals surface area contributed by atoms with Crippen molar-refractivity contribution in [2.75, 3.05) is 65.9 Å². The lowest BCUT2D eigenvalue weighted by molar-refractivity contribution is -0.302. The minimum Gasteiger partial charge on any atom is -0.394 e. The van der Waals surface area contributed by atoms with Crippen LogP contribution in [0.25, 0.3) is 21.8 Å². The minimum atomic E-state index is -1.55. The fourth-order valence-electron chi connectivity index (χ4n) is 5.74. The summed E-state index contributed by atoms with van der Waals surface area (Å²) in [6, 6.07) is 10.2. The Hall–Kier alpha value is -3.58. The van der Waals surface area contributed by atoms with Crippen molar-refractivity contribution < 1.29 is 78.9 Å². The molecule has 20 heteroatoms. The largest absolute Gasteiger partial charge is 0.394 e. The number of carbonyl (C=O) groups excluding carboxylic acids is 2. The molecule has 2 fully saturated rings. The summed E-state index contributed by atoms with van der Waals surface area (Å²) in [5, 5.41) is 84.8. The van der Waals surface area contributed by atoms with Gasteiger partial charge in [-0.1, -0.05) is 24.3 Å². The van der Waals surface area contributed by atoms with Gasteiger partial charge in [-0.3, -0.25) is 9.59 Å².